The number of halogens is 2. The third kappa shape index (κ3) is 5.18. The predicted octanol–water partition coefficient (Wildman–Crippen LogP) is 0.693. The SMILES string of the molecule is O=C(O)COc1ccc(S(=O)(=O)NCC(F)F)cc1. The van der Waals surface area contributed by atoms with Gasteiger partial charge in [0.1, 0.15) is 5.75 Å². The molecule has 1 aromatic rings. The highest BCUT2D eigenvalue weighted by Crippen LogP contribution is 2.15. The maximum absolute atomic E-state index is 11.9. The maximum atomic E-state index is 11.9. The molecule has 19 heavy (non-hydrogen) atoms. The Bertz CT molecular complexity index is 529. The number of rotatable bonds is 7. The molecular weight excluding hydrogens is 284 g/mol. The molecule has 0 heterocycles. The monoisotopic (exact) mass is 295 g/mol. The molecule has 9 heteroatoms. The molecule has 0 aliphatic rings. The van der Waals surface area contributed by atoms with Gasteiger partial charge in [-0.1, -0.05) is 0 Å². The Morgan fingerprint density at radius 1 is 1.32 bits per heavy atom. The van der Waals surface area contributed by atoms with Crippen molar-refractivity contribution in [3.8, 4) is 5.75 Å². The Morgan fingerprint density at radius 2 is 1.89 bits per heavy atom. The molecule has 2 N–H and O–H groups in total. The number of ether oxygens (including phenoxy) is 1. The van der Waals surface area contributed by atoms with Gasteiger partial charge < -0.3 is 9.84 Å². The van der Waals surface area contributed by atoms with Crippen LogP contribution in [0.1, 0.15) is 0 Å². The maximum Gasteiger partial charge on any atom is 0.341 e. The van der Waals surface area contributed by atoms with Crippen molar-refractivity contribution in [2.24, 2.45) is 0 Å². The lowest BCUT2D eigenvalue weighted by Gasteiger charge is -2.07. The Hall–Kier alpha value is -1.74. The summed E-state index contributed by atoms with van der Waals surface area (Å²) in [6.07, 6.45) is -2.78. The number of hydrogen-bond donors (Lipinski definition) is 2. The summed E-state index contributed by atoms with van der Waals surface area (Å²) in [6, 6.07) is 4.73. The van der Waals surface area contributed by atoms with Crippen LogP contribution in [0.3, 0.4) is 0 Å². The van der Waals surface area contributed by atoms with Gasteiger partial charge in [0.05, 0.1) is 11.4 Å². The first kappa shape index (κ1) is 15.3. The molecule has 0 bridgehead atoms. The topological polar surface area (TPSA) is 92.7 Å². The quantitative estimate of drug-likeness (QED) is 0.772. The van der Waals surface area contributed by atoms with Crippen molar-refractivity contribution >= 4 is 16.0 Å². The minimum absolute atomic E-state index is 0.162. The molecule has 0 fully saturated rings. The fourth-order valence-corrected chi connectivity index (χ4v) is 2.12. The zero-order chi connectivity index (χ0) is 14.5. The van der Waals surface area contributed by atoms with Crippen LogP contribution in [-0.4, -0.2) is 39.1 Å². The van der Waals surface area contributed by atoms with Crippen LogP contribution in [0.2, 0.25) is 0 Å². The highest BCUT2D eigenvalue weighted by molar-refractivity contribution is 7.89. The van der Waals surface area contributed by atoms with Crippen molar-refractivity contribution in [1.29, 1.82) is 0 Å². The van der Waals surface area contributed by atoms with E-state index in [1.807, 2.05) is 0 Å². The van der Waals surface area contributed by atoms with Gasteiger partial charge in [-0.3, -0.25) is 0 Å². The Labute approximate surface area is 108 Å². The lowest BCUT2D eigenvalue weighted by atomic mass is 10.3. The fraction of sp³-hybridized carbons (Fsp3) is 0.300. The van der Waals surface area contributed by atoms with E-state index < -0.39 is 35.6 Å². The third-order valence-corrected chi connectivity index (χ3v) is 3.36. The van der Waals surface area contributed by atoms with Crippen LogP contribution >= 0.6 is 0 Å². The van der Waals surface area contributed by atoms with E-state index in [0.29, 0.717) is 0 Å². The summed E-state index contributed by atoms with van der Waals surface area (Å²) < 4.78 is 53.4. The number of carbonyl (C=O) groups is 1. The second-order valence-corrected chi connectivity index (χ2v) is 5.16. The van der Waals surface area contributed by atoms with Gasteiger partial charge in [0.15, 0.2) is 6.61 Å². The van der Waals surface area contributed by atoms with Crippen LogP contribution in [0.4, 0.5) is 8.78 Å². The standard InChI is InChI=1S/C10H11F2NO5S/c11-9(12)5-13-19(16,17)8-3-1-7(2-4-8)18-6-10(14)15/h1-4,9,13H,5-6H2,(H,14,15). The summed E-state index contributed by atoms with van der Waals surface area (Å²) in [5, 5.41) is 8.38. The Morgan fingerprint density at radius 3 is 2.37 bits per heavy atom. The van der Waals surface area contributed by atoms with Gasteiger partial charge in [0, 0.05) is 0 Å². The summed E-state index contributed by atoms with van der Waals surface area (Å²) in [7, 11) is -4.01. The van der Waals surface area contributed by atoms with Crippen LogP contribution < -0.4 is 9.46 Å². The molecule has 0 unspecified atom stereocenters. The lowest BCUT2D eigenvalue weighted by Crippen LogP contribution is -2.28. The first-order chi connectivity index (χ1) is 8.81. The first-order valence-corrected chi connectivity index (χ1v) is 6.52. The number of benzene rings is 1. The molecule has 0 saturated heterocycles. The van der Waals surface area contributed by atoms with Crippen molar-refractivity contribution in [1.82, 2.24) is 4.72 Å². The van der Waals surface area contributed by atoms with Gasteiger partial charge in [-0.05, 0) is 24.3 Å². The van der Waals surface area contributed by atoms with E-state index in [1.54, 1.807) is 4.72 Å². The third-order valence-electron chi connectivity index (χ3n) is 1.92. The lowest BCUT2D eigenvalue weighted by molar-refractivity contribution is -0.139. The van der Waals surface area contributed by atoms with Gasteiger partial charge in [-0.2, -0.15) is 0 Å². The summed E-state index contributed by atoms with van der Waals surface area (Å²) in [6.45, 7) is -1.53. The van der Waals surface area contributed by atoms with E-state index in [9.17, 15) is 22.0 Å². The minimum atomic E-state index is -4.01. The van der Waals surface area contributed by atoms with Crippen LogP contribution in [0.25, 0.3) is 0 Å². The number of sulfonamides is 1. The van der Waals surface area contributed by atoms with E-state index in [4.69, 9.17) is 9.84 Å². The highest BCUT2D eigenvalue weighted by atomic mass is 32.2. The minimum Gasteiger partial charge on any atom is -0.482 e. The molecule has 6 nitrogen and oxygen atoms in total. The molecule has 0 atom stereocenters. The molecule has 0 aliphatic carbocycles. The van der Waals surface area contributed by atoms with Crippen LogP contribution in [0.5, 0.6) is 5.75 Å². The smallest absolute Gasteiger partial charge is 0.341 e. The Balaban J connectivity index is 2.72. The average Bonchev–Trinajstić information content (AvgIpc) is 2.34. The molecule has 0 amide bonds. The summed E-state index contributed by atoms with van der Waals surface area (Å²) >= 11 is 0. The van der Waals surface area contributed by atoms with Crippen LogP contribution in [0.15, 0.2) is 29.2 Å². The zero-order valence-corrected chi connectivity index (χ0v) is 10.4. The highest BCUT2D eigenvalue weighted by Gasteiger charge is 2.16. The molecular formula is C10H11F2NO5S. The number of carboxylic acids is 1. The van der Waals surface area contributed by atoms with Gasteiger partial charge in [0.25, 0.3) is 6.43 Å². The molecule has 1 rings (SSSR count). The second-order valence-electron chi connectivity index (χ2n) is 3.40. The first-order valence-electron chi connectivity index (χ1n) is 5.04. The molecule has 0 aromatic heterocycles. The van der Waals surface area contributed by atoms with Crippen LogP contribution in [-0.2, 0) is 14.8 Å². The van der Waals surface area contributed by atoms with Gasteiger partial charge in [0.2, 0.25) is 10.0 Å². The largest absolute Gasteiger partial charge is 0.482 e. The van der Waals surface area contributed by atoms with Crippen molar-refractivity contribution < 1.29 is 31.8 Å². The Kier molecular flexibility index (Phi) is 5.19. The van der Waals surface area contributed by atoms with E-state index in [2.05, 4.69) is 0 Å². The molecule has 0 radical (unpaired) electrons. The molecule has 0 saturated carbocycles. The van der Waals surface area contributed by atoms with E-state index in [-0.39, 0.29) is 10.6 Å². The fourth-order valence-electron chi connectivity index (χ4n) is 1.12. The molecule has 1 aromatic carbocycles. The molecule has 106 valence electrons. The molecule has 0 aliphatic heterocycles. The summed E-state index contributed by atoms with van der Waals surface area (Å²) in [4.78, 5) is 10.0. The van der Waals surface area contributed by atoms with Crippen molar-refractivity contribution in [2.45, 2.75) is 11.3 Å². The van der Waals surface area contributed by atoms with Crippen molar-refractivity contribution in [3.63, 3.8) is 0 Å². The van der Waals surface area contributed by atoms with E-state index in [1.165, 1.54) is 12.1 Å². The van der Waals surface area contributed by atoms with Crippen molar-refractivity contribution in [3.05, 3.63) is 24.3 Å². The normalized spacial score (nSPS) is 11.5. The van der Waals surface area contributed by atoms with Gasteiger partial charge >= 0.3 is 5.97 Å². The predicted molar refractivity (Wildman–Crippen MR) is 60.8 cm³/mol. The zero-order valence-electron chi connectivity index (χ0n) is 9.55. The van der Waals surface area contributed by atoms with Crippen LogP contribution in [0, 0.1) is 0 Å². The van der Waals surface area contributed by atoms with Gasteiger partial charge in [-0.15, -0.1) is 0 Å². The van der Waals surface area contributed by atoms with E-state index >= 15 is 0 Å². The average molecular weight is 295 g/mol. The second kappa shape index (κ2) is 6.43. The summed E-state index contributed by atoms with van der Waals surface area (Å²) in [5.74, 6) is -1.01. The number of aliphatic carboxylic acids is 1. The summed E-state index contributed by atoms with van der Waals surface area (Å²) in [5.41, 5.74) is 0. The number of hydrogen-bond acceptors (Lipinski definition) is 4. The van der Waals surface area contributed by atoms with E-state index in [0.717, 1.165) is 12.1 Å². The molecule has 0 spiro atoms. The van der Waals surface area contributed by atoms with Gasteiger partial charge in [-0.25, -0.2) is 26.7 Å². The number of alkyl halides is 2. The van der Waals surface area contributed by atoms with Crippen molar-refractivity contribution in [2.75, 3.05) is 13.2 Å². The number of carboxylic acid groups (broad SMARTS) is 1. The number of nitrogens with one attached hydrogen (secondary N) is 1.